The number of hydrogen-bond acceptors (Lipinski definition) is 3. The van der Waals surface area contributed by atoms with Crippen molar-refractivity contribution in [2.24, 2.45) is 0 Å². The van der Waals surface area contributed by atoms with E-state index >= 15 is 0 Å². The smallest absolute Gasteiger partial charge is 0.189 e. The van der Waals surface area contributed by atoms with Gasteiger partial charge in [0.15, 0.2) is 5.11 Å². The summed E-state index contributed by atoms with van der Waals surface area (Å²) in [5.41, 5.74) is 10.9. The van der Waals surface area contributed by atoms with Crippen LogP contribution in [0.1, 0.15) is 12.5 Å². The molecule has 3 rings (SSSR count). The third-order valence-electron chi connectivity index (χ3n) is 4.09. The first-order valence-electron chi connectivity index (χ1n) is 9.06. The van der Waals surface area contributed by atoms with Crippen molar-refractivity contribution in [3.63, 3.8) is 0 Å². The number of hydrazine groups is 1. The van der Waals surface area contributed by atoms with Gasteiger partial charge in [0.25, 0.3) is 0 Å². The second kappa shape index (κ2) is 9.58. The second-order valence-electron chi connectivity index (χ2n) is 6.08. The van der Waals surface area contributed by atoms with Gasteiger partial charge in [-0.1, -0.05) is 61.2 Å². The van der Waals surface area contributed by atoms with Crippen molar-refractivity contribution in [3.8, 4) is 16.9 Å². The molecule has 142 valence electrons. The molecule has 0 radical (unpaired) electrons. The molecule has 3 N–H and O–H groups in total. The Morgan fingerprint density at radius 2 is 1.50 bits per heavy atom. The van der Waals surface area contributed by atoms with Crippen LogP contribution < -0.4 is 20.9 Å². The van der Waals surface area contributed by atoms with E-state index in [-0.39, 0.29) is 0 Å². The molecule has 0 amide bonds. The molecular weight excluding hydrogens is 366 g/mol. The molecule has 0 aliphatic carbocycles. The van der Waals surface area contributed by atoms with Crippen molar-refractivity contribution in [2.75, 3.05) is 11.9 Å². The molecule has 3 aromatic carbocycles. The number of rotatable bonds is 7. The first kappa shape index (κ1) is 19.5. The van der Waals surface area contributed by atoms with E-state index in [1.165, 1.54) is 5.56 Å². The van der Waals surface area contributed by atoms with E-state index in [0.29, 0.717) is 11.7 Å². The Hall–Kier alpha value is -3.31. The summed E-state index contributed by atoms with van der Waals surface area (Å²) in [6.07, 6.45) is 0. The highest BCUT2D eigenvalue weighted by Crippen LogP contribution is 2.21. The fourth-order valence-corrected chi connectivity index (χ4v) is 2.83. The molecule has 0 fully saturated rings. The number of thiocarbonyl (C=S) groups is 1. The summed E-state index contributed by atoms with van der Waals surface area (Å²) in [7, 11) is 0. The Labute approximate surface area is 171 Å². The minimum absolute atomic E-state index is 0.450. The van der Waals surface area contributed by atoms with Crippen LogP contribution in [0.2, 0.25) is 0 Å². The zero-order valence-corrected chi connectivity index (χ0v) is 16.6. The van der Waals surface area contributed by atoms with E-state index in [9.17, 15) is 0 Å². The van der Waals surface area contributed by atoms with E-state index in [1.54, 1.807) is 0 Å². The lowest BCUT2D eigenvalue weighted by Gasteiger charge is -2.15. The minimum atomic E-state index is 0.450. The predicted molar refractivity (Wildman–Crippen MR) is 121 cm³/mol. The highest BCUT2D eigenvalue weighted by molar-refractivity contribution is 7.80. The lowest BCUT2D eigenvalue weighted by atomic mass is 10.0. The van der Waals surface area contributed by atoms with Crippen LogP contribution in [0.3, 0.4) is 0 Å². The quantitative estimate of drug-likeness (QED) is 0.382. The van der Waals surface area contributed by atoms with Crippen LogP contribution in [0.15, 0.2) is 85.4 Å². The maximum Gasteiger partial charge on any atom is 0.189 e. The van der Waals surface area contributed by atoms with Crippen molar-refractivity contribution >= 4 is 28.7 Å². The average Bonchev–Trinajstić information content (AvgIpc) is 2.74. The normalized spacial score (nSPS) is 10.0. The fourth-order valence-electron chi connectivity index (χ4n) is 2.66. The van der Waals surface area contributed by atoms with Crippen molar-refractivity contribution in [1.82, 2.24) is 10.9 Å². The molecule has 0 aromatic heterocycles. The van der Waals surface area contributed by atoms with Crippen LogP contribution in [0.4, 0.5) is 5.69 Å². The largest absolute Gasteiger partial charge is 0.494 e. The summed E-state index contributed by atoms with van der Waals surface area (Å²) in [6.45, 7) is 6.66. The van der Waals surface area contributed by atoms with Crippen molar-refractivity contribution in [1.29, 1.82) is 0 Å². The summed E-state index contributed by atoms with van der Waals surface area (Å²) >= 11 is 5.32. The molecule has 0 unspecified atom stereocenters. The summed E-state index contributed by atoms with van der Waals surface area (Å²) < 4.78 is 5.43. The first-order valence-corrected chi connectivity index (χ1v) is 9.47. The lowest BCUT2D eigenvalue weighted by molar-refractivity contribution is 0.340. The van der Waals surface area contributed by atoms with Crippen molar-refractivity contribution < 1.29 is 4.74 Å². The summed E-state index contributed by atoms with van der Waals surface area (Å²) in [6, 6.07) is 26.1. The standard InChI is InChI=1S/C23H23N3OS/c1-3-27-22-15-13-21(14-16-22)24-23(28)26-25-17(2)18-9-11-20(12-10-18)19-7-5-4-6-8-19/h4-16,25H,2-3H2,1H3,(H2,24,26,28). The van der Waals surface area contributed by atoms with E-state index in [1.807, 2.05) is 61.5 Å². The highest BCUT2D eigenvalue weighted by atomic mass is 32.1. The van der Waals surface area contributed by atoms with Gasteiger partial charge < -0.3 is 10.1 Å². The number of nitrogens with one attached hydrogen (secondary N) is 3. The van der Waals surface area contributed by atoms with Gasteiger partial charge in [-0.3, -0.25) is 10.9 Å². The van der Waals surface area contributed by atoms with Gasteiger partial charge in [0.2, 0.25) is 0 Å². The van der Waals surface area contributed by atoms with Crippen molar-refractivity contribution in [3.05, 3.63) is 91.0 Å². The second-order valence-corrected chi connectivity index (χ2v) is 6.49. The van der Waals surface area contributed by atoms with Gasteiger partial charge in [0.05, 0.1) is 12.3 Å². The van der Waals surface area contributed by atoms with Crippen LogP contribution in [0.5, 0.6) is 5.75 Å². The summed E-state index contributed by atoms with van der Waals surface area (Å²) in [5, 5.41) is 3.56. The lowest BCUT2D eigenvalue weighted by Crippen LogP contribution is -2.38. The van der Waals surface area contributed by atoms with Crippen LogP contribution in [-0.2, 0) is 0 Å². The van der Waals surface area contributed by atoms with E-state index < -0.39 is 0 Å². The van der Waals surface area contributed by atoms with Gasteiger partial charge >= 0.3 is 0 Å². The zero-order chi connectivity index (χ0) is 19.8. The van der Waals surface area contributed by atoms with Gasteiger partial charge in [-0.2, -0.15) is 0 Å². The van der Waals surface area contributed by atoms with Crippen LogP contribution in [0, 0.1) is 0 Å². The first-order chi connectivity index (χ1) is 13.7. The molecule has 3 aromatic rings. The Kier molecular flexibility index (Phi) is 6.65. The maximum atomic E-state index is 5.43. The van der Waals surface area contributed by atoms with Crippen molar-refractivity contribution in [2.45, 2.75) is 6.92 Å². The molecule has 0 saturated heterocycles. The number of benzene rings is 3. The molecule has 0 aliphatic heterocycles. The molecular formula is C23H23N3OS. The highest BCUT2D eigenvalue weighted by Gasteiger charge is 2.02. The molecule has 4 nitrogen and oxygen atoms in total. The molecule has 0 bridgehead atoms. The van der Waals surface area contributed by atoms with Crippen LogP contribution in [-0.4, -0.2) is 11.7 Å². The van der Waals surface area contributed by atoms with Gasteiger partial charge in [0, 0.05) is 5.69 Å². The molecule has 0 saturated carbocycles. The summed E-state index contributed by atoms with van der Waals surface area (Å²) in [5.74, 6) is 0.831. The molecule has 0 atom stereocenters. The fraction of sp³-hybridized carbons (Fsp3) is 0.0870. The number of hydrogen-bond donors (Lipinski definition) is 3. The van der Waals surface area contributed by atoms with Gasteiger partial charge in [0.1, 0.15) is 5.75 Å². The number of anilines is 1. The van der Waals surface area contributed by atoms with Crippen LogP contribution >= 0.6 is 12.2 Å². The predicted octanol–water partition coefficient (Wildman–Crippen LogP) is 5.21. The Morgan fingerprint density at radius 3 is 2.14 bits per heavy atom. The third kappa shape index (κ3) is 5.34. The maximum absolute atomic E-state index is 5.43. The van der Waals surface area contributed by atoms with E-state index in [4.69, 9.17) is 17.0 Å². The monoisotopic (exact) mass is 389 g/mol. The minimum Gasteiger partial charge on any atom is -0.494 e. The van der Waals surface area contributed by atoms with Crippen LogP contribution in [0.25, 0.3) is 16.8 Å². The number of ether oxygens (including phenoxy) is 1. The average molecular weight is 390 g/mol. The van der Waals surface area contributed by atoms with Gasteiger partial charge in [-0.05, 0) is 60.1 Å². The molecule has 5 heteroatoms. The molecule has 0 heterocycles. The Balaban J connectivity index is 1.51. The third-order valence-corrected chi connectivity index (χ3v) is 4.29. The van der Waals surface area contributed by atoms with Gasteiger partial charge in [-0.25, -0.2) is 0 Å². The zero-order valence-electron chi connectivity index (χ0n) is 15.7. The molecule has 0 aliphatic rings. The Bertz CT molecular complexity index is 922. The van der Waals surface area contributed by atoms with E-state index in [0.717, 1.165) is 28.3 Å². The van der Waals surface area contributed by atoms with Gasteiger partial charge in [-0.15, -0.1) is 0 Å². The SMILES string of the molecule is C=C(NNC(=S)Nc1ccc(OCC)cc1)c1ccc(-c2ccccc2)cc1. The van der Waals surface area contributed by atoms with E-state index in [2.05, 4.69) is 47.0 Å². The topological polar surface area (TPSA) is 45.3 Å². The molecule has 28 heavy (non-hydrogen) atoms. The summed E-state index contributed by atoms with van der Waals surface area (Å²) in [4.78, 5) is 0. The molecule has 0 spiro atoms. The Morgan fingerprint density at radius 1 is 0.857 bits per heavy atom.